The molecule has 1 nitrogen and oxygen atoms in total. The second-order valence-electron chi connectivity index (χ2n) is 4.04. The van der Waals surface area contributed by atoms with Gasteiger partial charge in [0.05, 0.1) is 6.04 Å². The molecule has 3 unspecified atom stereocenters. The van der Waals surface area contributed by atoms with Gasteiger partial charge in [-0.05, 0) is 18.1 Å². The van der Waals surface area contributed by atoms with Gasteiger partial charge in [-0.25, -0.2) is 8.78 Å². The van der Waals surface area contributed by atoms with Crippen LogP contribution in [0.3, 0.4) is 0 Å². The minimum atomic E-state index is -1.10. The van der Waals surface area contributed by atoms with E-state index in [-0.39, 0.29) is 0 Å². The lowest BCUT2D eigenvalue weighted by Crippen LogP contribution is -2.49. The molecule has 76 valence electrons. The van der Waals surface area contributed by atoms with Crippen LogP contribution >= 0.6 is 0 Å². The third-order valence-electron chi connectivity index (χ3n) is 3.28. The molecular formula is C11H13F2N. The monoisotopic (exact) mass is 197 g/mol. The van der Waals surface area contributed by atoms with Gasteiger partial charge in [-0.3, -0.25) is 0 Å². The van der Waals surface area contributed by atoms with Gasteiger partial charge in [-0.2, -0.15) is 0 Å². The van der Waals surface area contributed by atoms with E-state index in [4.69, 9.17) is 5.73 Å². The molecule has 2 N–H and O–H groups in total. The van der Waals surface area contributed by atoms with Gasteiger partial charge in [-0.1, -0.05) is 25.2 Å². The Morgan fingerprint density at radius 2 is 2.21 bits per heavy atom. The van der Waals surface area contributed by atoms with Crippen molar-refractivity contribution in [3.63, 3.8) is 0 Å². The summed E-state index contributed by atoms with van der Waals surface area (Å²) in [7, 11) is 0. The van der Waals surface area contributed by atoms with Crippen LogP contribution in [0.4, 0.5) is 8.78 Å². The van der Waals surface area contributed by atoms with Crippen LogP contribution in [-0.4, -0.2) is 12.2 Å². The smallest absolute Gasteiger partial charge is 0.118 e. The molecule has 2 rings (SSSR count). The highest BCUT2D eigenvalue weighted by atomic mass is 19.1. The second-order valence-corrected chi connectivity index (χ2v) is 4.04. The minimum Gasteiger partial charge on any atom is -0.321 e. The van der Waals surface area contributed by atoms with Crippen molar-refractivity contribution in [3.8, 4) is 0 Å². The lowest BCUT2D eigenvalue weighted by Gasteiger charge is -2.42. The zero-order valence-electron chi connectivity index (χ0n) is 8.00. The quantitative estimate of drug-likeness (QED) is 0.634. The van der Waals surface area contributed by atoms with E-state index < -0.39 is 23.5 Å². The molecule has 3 atom stereocenters. The summed E-state index contributed by atoms with van der Waals surface area (Å²) in [5, 5.41) is 0. The highest BCUT2D eigenvalue weighted by molar-refractivity contribution is 5.42. The summed E-state index contributed by atoms with van der Waals surface area (Å²) in [6, 6.07) is -0.859. The molecule has 0 amide bonds. The highest BCUT2D eigenvalue weighted by Gasteiger charge is 2.46. The van der Waals surface area contributed by atoms with Crippen molar-refractivity contribution < 1.29 is 8.78 Å². The van der Waals surface area contributed by atoms with E-state index in [2.05, 4.69) is 0 Å². The average molecular weight is 197 g/mol. The molecule has 0 aromatic rings. The van der Waals surface area contributed by atoms with Crippen LogP contribution < -0.4 is 5.73 Å². The zero-order chi connectivity index (χ0) is 10.3. The Morgan fingerprint density at radius 1 is 1.50 bits per heavy atom. The number of nitrogens with two attached hydrogens (primary N) is 1. The third-order valence-corrected chi connectivity index (χ3v) is 3.28. The molecule has 0 aromatic carbocycles. The predicted molar refractivity (Wildman–Crippen MR) is 52.0 cm³/mol. The Balaban J connectivity index is 2.51. The summed E-state index contributed by atoms with van der Waals surface area (Å²) in [6.07, 6.45) is 5.74. The first kappa shape index (κ1) is 9.59. The first-order chi connectivity index (χ1) is 6.56. The van der Waals surface area contributed by atoms with E-state index in [0.717, 1.165) is 5.57 Å². The third kappa shape index (κ3) is 1.08. The average Bonchev–Trinajstić information content (AvgIpc) is 2.17. The number of allylic oxidation sites excluding steroid dienone is 4. The number of fused-ring (bicyclic) bond motifs is 1. The van der Waals surface area contributed by atoms with Crippen LogP contribution in [0.15, 0.2) is 35.7 Å². The topological polar surface area (TPSA) is 26.0 Å². The molecular weight excluding hydrogens is 184 g/mol. The Morgan fingerprint density at radius 3 is 2.93 bits per heavy atom. The van der Waals surface area contributed by atoms with Gasteiger partial charge < -0.3 is 5.73 Å². The Hall–Kier alpha value is -0.960. The van der Waals surface area contributed by atoms with Gasteiger partial charge in [0.1, 0.15) is 12.0 Å². The number of halogens is 2. The van der Waals surface area contributed by atoms with E-state index in [0.29, 0.717) is 6.42 Å². The lowest BCUT2D eigenvalue weighted by atomic mass is 9.66. The summed E-state index contributed by atoms with van der Waals surface area (Å²) >= 11 is 0. The van der Waals surface area contributed by atoms with Crippen LogP contribution in [0.25, 0.3) is 0 Å². The van der Waals surface area contributed by atoms with E-state index in [9.17, 15) is 8.78 Å². The Labute approximate surface area is 82.0 Å². The van der Waals surface area contributed by atoms with E-state index in [1.165, 1.54) is 6.08 Å². The van der Waals surface area contributed by atoms with Crippen molar-refractivity contribution in [2.45, 2.75) is 25.6 Å². The van der Waals surface area contributed by atoms with E-state index in [1.54, 1.807) is 19.1 Å². The fourth-order valence-electron chi connectivity index (χ4n) is 2.09. The van der Waals surface area contributed by atoms with Crippen molar-refractivity contribution in [1.29, 1.82) is 0 Å². The van der Waals surface area contributed by atoms with Crippen LogP contribution in [0.1, 0.15) is 13.3 Å². The maximum atomic E-state index is 13.8. The van der Waals surface area contributed by atoms with Crippen molar-refractivity contribution in [1.82, 2.24) is 0 Å². The molecule has 0 spiro atoms. The van der Waals surface area contributed by atoms with Gasteiger partial charge in [0.15, 0.2) is 0 Å². The van der Waals surface area contributed by atoms with Gasteiger partial charge in [0.25, 0.3) is 0 Å². The molecule has 0 aliphatic heterocycles. The molecule has 0 fully saturated rings. The SMILES string of the molecule is CC12C(=CC=C(F)C1N)C=CCC2F. The molecule has 0 radical (unpaired) electrons. The molecule has 0 bridgehead atoms. The summed E-state index contributed by atoms with van der Waals surface area (Å²) in [4.78, 5) is 0. The molecule has 14 heavy (non-hydrogen) atoms. The Kier molecular flexibility index (Phi) is 2.07. The normalized spacial score (nSPS) is 41.4. The van der Waals surface area contributed by atoms with Gasteiger partial charge in [-0.15, -0.1) is 0 Å². The van der Waals surface area contributed by atoms with Crippen molar-refractivity contribution in [3.05, 3.63) is 35.7 Å². The fraction of sp³-hybridized carbons (Fsp3) is 0.455. The maximum absolute atomic E-state index is 13.8. The van der Waals surface area contributed by atoms with Crippen LogP contribution in [0.5, 0.6) is 0 Å². The molecule has 0 saturated carbocycles. The summed E-state index contributed by atoms with van der Waals surface area (Å²) < 4.78 is 27.0. The van der Waals surface area contributed by atoms with Crippen LogP contribution in [0, 0.1) is 5.41 Å². The number of hydrogen-bond donors (Lipinski definition) is 1. The second kappa shape index (κ2) is 3.02. The van der Waals surface area contributed by atoms with E-state index >= 15 is 0 Å². The number of alkyl halides is 1. The van der Waals surface area contributed by atoms with Gasteiger partial charge in [0, 0.05) is 5.41 Å². The largest absolute Gasteiger partial charge is 0.321 e. The van der Waals surface area contributed by atoms with Crippen LogP contribution in [0.2, 0.25) is 0 Å². The standard InChI is InChI=1S/C11H13F2N/c1-11-7(3-2-4-9(11)13)5-6-8(12)10(11)14/h2-3,5-6,9-10H,4,14H2,1H3. The fourth-order valence-corrected chi connectivity index (χ4v) is 2.09. The summed E-state index contributed by atoms with van der Waals surface area (Å²) in [5.74, 6) is -0.436. The van der Waals surface area contributed by atoms with Crippen LogP contribution in [-0.2, 0) is 0 Å². The number of rotatable bonds is 0. The molecule has 2 aliphatic rings. The molecule has 0 heterocycles. The highest BCUT2D eigenvalue weighted by Crippen LogP contribution is 2.45. The first-order valence-electron chi connectivity index (χ1n) is 4.71. The number of hydrogen-bond acceptors (Lipinski definition) is 1. The Bertz CT molecular complexity index is 343. The molecule has 0 saturated heterocycles. The maximum Gasteiger partial charge on any atom is 0.118 e. The zero-order valence-corrected chi connectivity index (χ0v) is 8.00. The van der Waals surface area contributed by atoms with Crippen molar-refractivity contribution in [2.75, 3.05) is 0 Å². The molecule has 0 aromatic heterocycles. The van der Waals surface area contributed by atoms with E-state index in [1.807, 2.05) is 6.08 Å². The van der Waals surface area contributed by atoms with Gasteiger partial charge in [0.2, 0.25) is 0 Å². The van der Waals surface area contributed by atoms with Gasteiger partial charge >= 0.3 is 0 Å². The van der Waals surface area contributed by atoms with Crippen molar-refractivity contribution in [2.24, 2.45) is 11.1 Å². The first-order valence-corrected chi connectivity index (χ1v) is 4.71. The summed E-state index contributed by atoms with van der Waals surface area (Å²) in [6.45, 7) is 1.68. The molecule has 2 aliphatic carbocycles. The summed E-state index contributed by atoms with van der Waals surface area (Å²) in [5.41, 5.74) is 5.59. The minimum absolute atomic E-state index is 0.314. The predicted octanol–water partition coefficient (Wildman–Crippen LogP) is 2.41. The van der Waals surface area contributed by atoms with Crippen molar-refractivity contribution >= 4 is 0 Å². The molecule has 3 heteroatoms. The lowest BCUT2D eigenvalue weighted by molar-refractivity contribution is 0.131.